The van der Waals surface area contributed by atoms with Gasteiger partial charge in [0.05, 0.1) is 10.9 Å². The number of aldehydes is 1. The van der Waals surface area contributed by atoms with E-state index in [9.17, 15) is 18.4 Å². The van der Waals surface area contributed by atoms with Gasteiger partial charge in [0.1, 0.15) is 5.60 Å². The van der Waals surface area contributed by atoms with Crippen LogP contribution in [0.4, 0.5) is 13.6 Å². The highest BCUT2D eigenvalue weighted by molar-refractivity contribution is 5.90. The van der Waals surface area contributed by atoms with Crippen molar-refractivity contribution in [2.45, 2.75) is 26.4 Å². The lowest BCUT2D eigenvalue weighted by Crippen LogP contribution is -2.26. The lowest BCUT2D eigenvalue weighted by Gasteiger charge is -2.17. The number of ether oxygens (including phenoxy) is 2. The molecule has 0 saturated heterocycles. The van der Waals surface area contributed by atoms with Crippen LogP contribution in [0.5, 0.6) is 5.88 Å². The van der Waals surface area contributed by atoms with Gasteiger partial charge in [0.2, 0.25) is 11.4 Å². The van der Waals surface area contributed by atoms with Gasteiger partial charge in [-0.1, -0.05) is 0 Å². The Kier molecular flexibility index (Phi) is 3.63. The number of rotatable bonds is 2. The average molecular weight is 299 g/mol. The Morgan fingerprint density at radius 2 is 2.00 bits per heavy atom. The zero-order valence-electron chi connectivity index (χ0n) is 11.4. The number of fused-ring (bicyclic) bond motifs is 1. The van der Waals surface area contributed by atoms with Gasteiger partial charge in [0.25, 0.3) is 5.88 Å². The van der Waals surface area contributed by atoms with E-state index in [1.54, 1.807) is 20.8 Å². The van der Waals surface area contributed by atoms with Crippen molar-refractivity contribution in [3.63, 3.8) is 0 Å². The van der Waals surface area contributed by atoms with Gasteiger partial charge in [-0.05, 0) is 32.0 Å². The summed E-state index contributed by atoms with van der Waals surface area (Å²) in [6.07, 6.45) is -0.961. The lowest BCUT2D eigenvalue weighted by atomic mass is 10.1. The Hall–Kier alpha value is -2.51. The smallest absolute Gasteiger partial charge is 0.428 e. The first-order valence-corrected chi connectivity index (χ1v) is 5.86. The van der Waals surface area contributed by atoms with Gasteiger partial charge in [0, 0.05) is 0 Å². The first-order chi connectivity index (χ1) is 9.73. The molecule has 2 rings (SSSR count). The van der Waals surface area contributed by atoms with Crippen molar-refractivity contribution in [2.24, 2.45) is 0 Å². The van der Waals surface area contributed by atoms with Crippen LogP contribution in [-0.4, -0.2) is 23.2 Å². The van der Waals surface area contributed by atoms with Crippen molar-refractivity contribution in [2.75, 3.05) is 0 Å². The standard InChI is InChI=1S/C13H11F2NO5/c1-13(2,3)20-12(18)19-11-7-4-6(5-17)8(14)9(15)10(7)21-16-11/h4-5H,1-3H3. The zero-order chi connectivity index (χ0) is 15.8. The molecule has 0 saturated carbocycles. The number of aromatic nitrogens is 1. The van der Waals surface area contributed by atoms with Crippen molar-refractivity contribution in [3.8, 4) is 5.88 Å². The summed E-state index contributed by atoms with van der Waals surface area (Å²) in [5.41, 5.74) is -1.91. The molecule has 112 valence electrons. The van der Waals surface area contributed by atoms with E-state index in [0.29, 0.717) is 0 Å². The van der Waals surface area contributed by atoms with E-state index in [2.05, 4.69) is 9.68 Å². The van der Waals surface area contributed by atoms with Crippen LogP contribution in [0.1, 0.15) is 31.1 Å². The van der Waals surface area contributed by atoms with Gasteiger partial charge in [-0.2, -0.15) is 4.39 Å². The predicted octanol–water partition coefficient (Wildman–Crippen LogP) is 3.23. The van der Waals surface area contributed by atoms with Crippen molar-refractivity contribution in [1.82, 2.24) is 5.16 Å². The zero-order valence-corrected chi connectivity index (χ0v) is 11.4. The Morgan fingerprint density at radius 3 is 2.57 bits per heavy atom. The molecule has 0 N–H and O–H groups in total. The van der Waals surface area contributed by atoms with E-state index in [0.717, 1.165) is 6.07 Å². The second-order valence-electron chi connectivity index (χ2n) is 5.14. The number of nitrogens with zero attached hydrogens (tertiary/aromatic N) is 1. The Balaban J connectivity index is 2.40. The molecule has 0 unspecified atom stereocenters. The highest BCUT2D eigenvalue weighted by Crippen LogP contribution is 2.30. The maximum Gasteiger partial charge on any atom is 0.515 e. The third-order valence-electron chi connectivity index (χ3n) is 2.34. The summed E-state index contributed by atoms with van der Waals surface area (Å²) < 4.78 is 41.3. The summed E-state index contributed by atoms with van der Waals surface area (Å²) in [7, 11) is 0. The first kappa shape index (κ1) is 14.9. The van der Waals surface area contributed by atoms with Crippen LogP contribution in [0.2, 0.25) is 0 Å². The average Bonchev–Trinajstić information content (AvgIpc) is 2.74. The molecule has 1 aromatic carbocycles. The predicted molar refractivity (Wildman–Crippen MR) is 66.2 cm³/mol. The minimum absolute atomic E-state index is 0.127. The number of carbonyl (C=O) groups is 2. The molecular weight excluding hydrogens is 288 g/mol. The molecule has 8 heteroatoms. The van der Waals surface area contributed by atoms with Crippen LogP contribution in [0.25, 0.3) is 11.0 Å². The molecule has 21 heavy (non-hydrogen) atoms. The maximum atomic E-state index is 13.6. The number of carbonyl (C=O) groups excluding carboxylic acids is 2. The fourth-order valence-electron chi connectivity index (χ4n) is 1.52. The third-order valence-corrected chi connectivity index (χ3v) is 2.34. The van der Waals surface area contributed by atoms with Crippen LogP contribution >= 0.6 is 0 Å². The fraction of sp³-hybridized carbons (Fsp3) is 0.308. The van der Waals surface area contributed by atoms with Crippen LogP contribution in [0.15, 0.2) is 10.6 Å². The van der Waals surface area contributed by atoms with Gasteiger partial charge in [-0.25, -0.2) is 9.18 Å². The Labute approximate surface area is 117 Å². The van der Waals surface area contributed by atoms with Crippen molar-refractivity contribution < 1.29 is 32.4 Å². The summed E-state index contributed by atoms with van der Waals surface area (Å²) in [4.78, 5) is 22.2. The largest absolute Gasteiger partial charge is 0.515 e. The van der Waals surface area contributed by atoms with E-state index in [-0.39, 0.29) is 11.7 Å². The highest BCUT2D eigenvalue weighted by atomic mass is 19.2. The fourth-order valence-corrected chi connectivity index (χ4v) is 1.52. The minimum Gasteiger partial charge on any atom is -0.428 e. The van der Waals surface area contributed by atoms with Crippen LogP contribution in [0.3, 0.4) is 0 Å². The first-order valence-electron chi connectivity index (χ1n) is 5.86. The molecule has 6 nitrogen and oxygen atoms in total. The Bertz CT molecular complexity index is 717. The molecule has 0 bridgehead atoms. The normalized spacial score (nSPS) is 11.5. The van der Waals surface area contributed by atoms with Crippen LogP contribution in [0, 0.1) is 11.6 Å². The van der Waals surface area contributed by atoms with E-state index in [1.807, 2.05) is 0 Å². The molecule has 0 aliphatic carbocycles. The van der Waals surface area contributed by atoms with Gasteiger partial charge < -0.3 is 14.0 Å². The third kappa shape index (κ3) is 2.99. The molecule has 0 amide bonds. The SMILES string of the molecule is CC(C)(C)OC(=O)Oc1noc2c(F)c(F)c(C=O)cc12. The van der Waals surface area contributed by atoms with Crippen LogP contribution in [-0.2, 0) is 4.74 Å². The number of benzene rings is 1. The summed E-state index contributed by atoms with van der Waals surface area (Å²) >= 11 is 0. The molecule has 1 aromatic heterocycles. The monoisotopic (exact) mass is 299 g/mol. The maximum absolute atomic E-state index is 13.6. The Morgan fingerprint density at radius 1 is 1.33 bits per heavy atom. The summed E-state index contributed by atoms with van der Waals surface area (Å²) in [5.74, 6) is -3.17. The molecule has 1 heterocycles. The van der Waals surface area contributed by atoms with Crippen molar-refractivity contribution in [1.29, 1.82) is 0 Å². The molecule has 0 fully saturated rings. The lowest BCUT2D eigenvalue weighted by molar-refractivity contribution is 0.0193. The van der Waals surface area contributed by atoms with Gasteiger partial charge in [0.15, 0.2) is 12.1 Å². The number of hydrogen-bond acceptors (Lipinski definition) is 6. The van der Waals surface area contributed by atoms with E-state index in [4.69, 9.17) is 9.47 Å². The summed E-state index contributed by atoms with van der Waals surface area (Å²) in [6, 6.07) is 0.969. The molecule has 0 aliphatic rings. The van der Waals surface area contributed by atoms with Crippen LogP contribution < -0.4 is 4.74 Å². The minimum atomic E-state index is -1.39. The topological polar surface area (TPSA) is 78.6 Å². The summed E-state index contributed by atoms with van der Waals surface area (Å²) in [5, 5.41) is 3.17. The van der Waals surface area contributed by atoms with E-state index in [1.165, 1.54) is 0 Å². The molecule has 0 spiro atoms. The molecule has 2 aromatic rings. The van der Waals surface area contributed by atoms with Crippen molar-refractivity contribution in [3.05, 3.63) is 23.3 Å². The molecule has 0 radical (unpaired) electrons. The van der Waals surface area contributed by atoms with Gasteiger partial charge in [-0.15, -0.1) is 0 Å². The highest BCUT2D eigenvalue weighted by Gasteiger charge is 2.24. The molecular formula is C13H11F2NO5. The van der Waals surface area contributed by atoms with E-state index >= 15 is 0 Å². The second-order valence-corrected chi connectivity index (χ2v) is 5.14. The summed E-state index contributed by atoms with van der Waals surface area (Å²) in [6.45, 7) is 4.86. The number of hydrogen-bond donors (Lipinski definition) is 0. The van der Waals surface area contributed by atoms with Crippen molar-refractivity contribution >= 4 is 23.4 Å². The second kappa shape index (κ2) is 5.12. The van der Waals surface area contributed by atoms with Gasteiger partial charge in [-0.3, -0.25) is 4.79 Å². The molecule has 0 aliphatic heterocycles. The van der Waals surface area contributed by atoms with E-state index < -0.39 is 40.4 Å². The number of halogens is 2. The quantitative estimate of drug-likeness (QED) is 0.625. The molecule has 0 atom stereocenters. The van der Waals surface area contributed by atoms with Gasteiger partial charge >= 0.3 is 6.16 Å².